The van der Waals surface area contributed by atoms with E-state index in [0.717, 1.165) is 0 Å². The number of aliphatic imine (C=N–C) groups is 1. The van der Waals surface area contributed by atoms with Gasteiger partial charge in [-0.25, -0.2) is 4.79 Å². The Labute approximate surface area is 100 Å². The summed E-state index contributed by atoms with van der Waals surface area (Å²) in [5.41, 5.74) is 9.01. The van der Waals surface area contributed by atoms with Gasteiger partial charge in [-0.2, -0.15) is 0 Å². The molecule has 1 unspecified atom stereocenters. The minimum absolute atomic E-state index is 0.0248. The molecule has 0 radical (unpaired) electrons. The van der Waals surface area contributed by atoms with Crippen molar-refractivity contribution in [1.82, 2.24) is 0 Å². The van der Waals surface area contributed by atoms with Gasteiger partial charge in [-0.05, 0) is 20.3 Å². The number of Topliss-reactive ketones (excluding diaryl/α,β-unsaturated/α-hetero) is 1. The van der Waals surface area contributed by atoms with Gasteiger partial charge in [0.25, 0.3) is 0 Å². The molecule has 0 aromatic rings. The first-order valence-electron chi connectivity index (χ1n) is 5.25. The fraction of sp³-hybridized carbons (Fsp3) is 0.545. The second-order valence-corrected chi connectivity index (χ2v) is 3.82. The average Bonchev–Trinajstić information content (AvgIpc) is 2.21. The molecule has 0 aliphatic heterocycles. The molecule has 96 valence electrons. The van der Waals surface area contributed by atoms with E-state index in [-0.39, 0.29) is 6.42 Å². The zero-order chi connectivity index (χ0) is 13.5. The number of rotatable bonds is 7. The smallest absolute Gasteiger partial charge is 0.331 e. The number of ketones is 1. The van der Waals surface area contributed by atoms with E-state index in [1.165, 1.54) is 6.92 Å². The van der Waals surface area contributed by atoms with Crippen LogP contribution in [0.15, 0.2) is 17.1 Å². The van der Waals surface area contributed by atoms with E-state index in [1.807, 2.05) is 0 Å². The minimum atomic E-state index is -1.83. The molecule has 0 aliphatic rings. The number of carbonyl (C=O) groups excluding carboxylic acids is 1. The van der Waals surface area contributed by atoms with Gasteiger partial charge in [-0.1, -0.05) is 12.2 Å². The zero-order valence-corrected chi connectivity index (χ0v) is 10.1. The molecule has 0 rings (SSSR count). The van der Waals surface area contributed by atoms with E-state index in [9.17, 15) is 9.59 Å². The highest BCUT2D eigenvalue weighted by Crippen LogP contribution is 2.10. The van der Waals surface area contributed by atoms with Crippen LogP contribution in [0, 0.1) is 0 Å². The zero-order valence-electron chi connectivity index (χ0n) is 10.1. The molecular weight excluding hydrogens is 222 g/mol. The van der Waals surface area contributed by atoms with Gasteiger partial charge in [0, 0.05) is 13.0 Å². The van der Waals surface area contributed by atoms with Gasteiger partial charge in [0.05, 0.1) is 5.84 Å². The maximum atomic E-state index is 11.1. The number of aliphatic carboxylic acids is 1. The van der Waals surface area contributed by atoms with Crippen molar-refractivity contribution in [3.63, 3.8) is 0 Å². The monoisotopic (exact) mass is 241 g/mol. The van der Waals surface area contributed by atoms with E-state index < -0.39 is 17.3 Å². The molecule has 0 aromatic carbocycles. The van der Waals surface area contributed by atoms with Crippen molar-refractivity contribution in [2.24, 2.45) is 16.5 Å². The van der Waals surface area contributed by atoms with Gasteiger partial charge in [0.15, 0.2) is 11.3 Å². The van der Waals surface area contributed by atoms with Gasteiger partial charge in [-0.3, -0.25) is 9.79 Å². The Morgan fingerprint density at radius 3 is 2.35 bits per heavy atom. The van der Waals surface area contributed by atoms with Crippen LogP contribution < -0.4 is 11.5 Å². The first-order valence-corrected chi connectivity index (χ1v) is 5.25. The van der Waals surface area contributed by atoms with Crippen LogP contribution in [0.4, 0.5) is 0 Å². The molecule has 0 aliphatic carbocycles. The van der Waals surface area contributed by atoms with E-state index >= 15 is 0 Å². The first kappa shape index (κ1) is 15.3. The summed E-state index contributed by atoms with van der Waals surface area (Å²) in [6.45, 7) is 3.39. The van der Waals surface area contributed by atoms with Crippen molar-refractivity contribution >= 4 is 17.6 Å². The Morgan fingerprint density at radius 1 is 1.35 bits per heavy atom. The molecule has 0 saturated carbocycles. The number of carboxylic acid groups (broad SMARTS) is 1. The highest BCUT2D eigenvalue weighted by Gasteiger charge is 2.37. The summed E-state index contributed by atoms with van der Waals surface area (Å²) in [5, 5.41) is 8.86. The lowest BCUT2D eigenvalue weighted by molar-refractivity contribution is -0.147. The van der Waals surface area contributed by atoms with E-state index in [2.05, 4.69) is 4.99 Å². The predicted molar refractivity (Wildman–Crippen MR) is 65.8 cm³/mol. The molecule has 0 amide bonds. The Bertz CT molecular complexity index is 330. The SMILES string of the molecule is CC(=O)C(N)(CC=CCCN=C(C)N)C(=O)O. The van der Waals surface area contributed by atoms with Gasteiger partial charge in [0.1, 0.15) is 0 Å². The standard InChI is InChI=1S/C11H19N3O3/c1-8(15)11(13,10(16)17)6-4-3-5-7-14-9(2)12/h3-4H,5-7,13H2,1-2H3,(H2,12,14)(H,16,17). The third kappa shape index (κ3) is 5.26. The van der Waals surface area contributed by atoms with Crippen LogP contribution in [0.3, 0.4) is 0 Å². The summed E-state index contributed by atoms with van der Waals surface area (Å²) < 4.78 is 0. The summed E-state index contributed by atoms with van der Waals surface area (Å²) in [5.74, 6) is -1.38. The quantitative estimate of drug-likeness (QED) is 0.191. The van der Waals surface area contributed by atoms with Crippen LogP contribution in [0.2, 0.25) is 0 Å². The van der Waals surface area contributed by atoms with Crippen molar-refractivity contribution in [3.8, 4) is 0 Å². The number of nitrogens with two attached hydrogens (primary N) is 2. The summed E-state index contributed by atoms with van der Waals surface area (Å²) in [4.78, 5) is 25.9. The molecule has 0 aromatic heterocycles. The van der Waals surface area contributed by atoms with Crippen LogP contribution in [-0.2, 0) is 9.59 Å². The van der Waals surface area contributed by atoms with Gasteiger partial charge < -0.3 is 16.6 Å². The van der Waals surface area contributed by atoms with Gasteiger partial charge in [0.2, 0.25) is 0 Å². The lowest BCUT2D eigenvalue weighted by atomic mass is 9.92. The third-order valence-corrected chi connectivity index (χ3v) is 2.27. The first-order chi connectivity index (χ1) is 7.80. The van der Waals surface area contributed by atoms with Crippen LogP contribution in [0.5, 0.6) is 0 Å². The largest absolute Gasteiger partial charge is 0.480 e. The van der Waals surface area contributed by atoms with Crippen LogP contribution in [0.25, 0.3) is 0 Å². The number of carboxylic acids is 1. The van der Waals surface area contributed by atoms with Gasteiger partial charge in [-0.15, -0.1) is 0 Å². The second kappa shape index (κ2) is 6.80. The fourth-order valence-electron chi connectivity index (χ4n) is 1.08. The summed E-state index contributed by atoms with van der Waals surface area (Å²) in [7, 11) is 0. The maximum absolute atomic E-state index is 11.1. The highest BCUT2D eigenvalue weighted by atomic mass is 16.4. The number of hydrogen-bond acceptors (Lipinski definition) is 4. The second-order valence-electron chi connectivity index (χ2n) is 3.82. The number of hydrogen-bond donors (Lipinski definition) is 3. The number of carbonyl (C=O) groups is 2. The summed E-state index contributed by atoms with van der Waals surface area (Å²) >= 11 is 0. The normalized spacial score (nSPS) is 15.8. The molecule has 0 spiro atoms. The highest BCUT2D eigenvalue weighted by molar-refractivity contribution is 6.06. The maximum Gasteiger partial charge on any atom is 0.331 e. The molecule has 5 N–H and O–H groups in total. The van der Waals surface area contributed by atoms with Crippen LogP contribution in [0.1, 0.15) is 26.7 Å². The summed E-state index contributed by atoms with van der Waals surface area (Å²) in [6.07, 6.45) is 3.92. The van der Waals surface area contributed by atoms with Crippen molar-refractivity contribution in [2.45, 2.75) is 32.2 Å². The third-order valence-electron chi connectivity index (χ3n) is 2.27. The molecule has 1 atom stereocenters. The van der Waals surface area contributed by atoms with E-state index in [0.29, 0.717) is 18.8 Å². The Hall–Kier alpha value is -1.69. The van der Waals surface area contributed by atoms with Crippen LogP contribution >= 0.6 is 0 Å². The Kier molecular flexibility index (Phi) is 6.12. The van der Waals surface area contributed by atoms with E-state index in [1.54, 1.807) is 19.1 Å². The van der Waals surface area contributed by atoms with Crippen molar-refractivity contribution in [2.75, 3.05) is 6.54 Å². The molecular formula is C11H19N3O3. The molecule has 17 heavy (non-hydrogen) atoms. The van der Waals surface area contributed by atoms with E-state index in [4.69, 9.17) is 16.6 Å². The Morgan fingerprint density at radius 2 is 1.94 bits per heavy atom. The average molecular weight is 241 g/mol. The lowest BCUT2D eigenvalue weighted by Gasteiger charge is -2.19. The molecule has 0 saturated heterocycles. The minimum Gasteiger partial charge on any atom is -0.480 e. The molecule has 6 nitrogen and oxygen atoms in total. The molecule has 0 heterocycles. The molecule has 0 fully saturated rings. The Balaban J connectivity index is 4.25. The topological polar surface area (TPSA) is 119 Å². The predicted octanol–water partition coefficient (Wildman–Crippen LogP) is 0.0710. The van der Waals surface area contributed by atoms with Crippen molar-refractivity contribution in [3.05, 3.63) is 12.2 Å². The van der Waals surface area contributed by atoms with Crippen molar-refractivity contribution < 1.29 is 14.7 Å². The van der Waals surface area contributed by atoms with Crippen LogP contribution in [-0.4, -0.2) is 34.8 Å². The summed E-state index contributed by atoms with van der Waals surface area (Å²) in [6, 6.07) is 0. The lowest BCUT2D eigenvalue weighted by Crippen LogP contribution is -2.53. The molecule has 6 heteroatoms. The number of nitrogens with zero attached hydrogens (tertiary/aromatic N) is 1. The van der Waals surface area contributed by atoms with Gasteiger partial charge >= 0.3 is 5.97 Å². The molecule has 0 bridgehead atoms. The number of amidine groups is 1. The fourth-order valence-corrected chi connectivity index (χ4v) is 1.08. The van der Waals surface area contributed by atoms with Crippen molar-refractivity contribution in [1.29, 1.82) is 0 Å².